The van der Waals surface area contributed by atoms with Crippen molar-refractivity contribution in [3.05, 3.63) is 23.8 Å². The quantitative estimate of drug-likeness (QED) is 0.592. The summed E-state index contributed by atoms with van der Waals surface area (Å²) in [4.78, 5) is 13.4. The third kappa shape index (κ3) is 1.96. The van der Waals surface area contributed by atoms with Crippen LogP contribution in [0.4, 0.5) is 11.4 Å². The fourth-order valence-corrected chi connectivity index (χ4v) is 2.02. The number of ketones is 1. The Morgan fingerprint density at radius 3 is 2.53 bits per heavy atom. The SMILES string of the molecule is CC(=O)c1ccc(N2CCCC2)c(N)c1. The van der Waals surface area contributed by atoms with Gasteiger partial charge in [-0.3, -0.25) is 4.79 Å². The van der Waals surface area contributed by atoms with Gasteiger partial charge in [-0.25, -0.2) is 0 Å². The largest absolute Gasteiger partial charge is 0.397 e. The van der Waals surface area contributed by atoms with Crippen molar-refractivity contribution in [2.45, 2.75) is 19.8 Å². The van der Waals surface area contributed by atoms with E-state index in [-0.39, 0.29) is 5.78 Å². The second-order valence-corrected chi connectivity index (χ2v) is 4.02. The van der Waals surface area contributed by atoms with E-state index in [1.165, 1.54) is 12.8 Å². The molecule has 3 heteroatoms. The molecule has 0 aromatic heterocycles. The number of carbonyl (C=O) groups is 1. The molecule has 15 heavy (non-hydrogen) atoms. The Bertz CT molecular complexity index is 381. The topological polar surface area (TPSA) is 46.3 Å². The van der Waals surface area contributed by atoms with E-state index in [4.69, 9.17) is 5.73 Å². The van der Waals surface area contributed by atoms with Crippen LogP contribution in [0.25, 0.3) is 0 Å². The van der Waals surface area contributed by atoms with E-state index in [0.29, 0.717) is 11.3 Å². The summed E-state index contributed by atoms with van der Waals surface area (Å²) in [6, 6.07) is 5.58. The standard InChI is InChI=1S/C12H16N2O/c1-9(15)10-4-5-12(11(13)8-10)14-6-2-3-7-14/h4-5,8H,2-3,6-7,13H2,1H3. The van der Waals surface area contributed by atoms with Crippen molar-refractivity contribution in [2.75, 3.05) is 23.7 Å². The molecule has 0 unspecified atom stereocenters. The maximum Gasteiger partial charge on any atom is 0.159 e. The molecule has 1 aliphatic heterocycles. The Labute approximate surface area is 89.9 Å². The van der Waals surface area contributed by atoms with E-state index in [2.05, 4.69) is 4.90 Å². The number of nitrogens with two attached hydrogens (primary N) is 1. The lowest BCUT2D eigenvalue weighted by Gasteiger charge is -2.19. The summed E-state index contributed by atoms with van der Waals surface area (Å²) in [5.74, 6) is 0.0645. The van der Waals surface area contributed by atoms with Crippen molar-refractivity contribution in [2.24, 2.45) is 0 Å². The van der Waals surface area contributed by atoms with Crippen LogP contribution in [0.15, 0.2) is 18.2 Å². The van der Waals surface area contributed by atoms with Gasteiger partial charge in [0.05, 0.1) is 11.4 Å². The summed E-state index contributed by atoms with van der Waals surface area (Å²) in [7, 11) is 0. The second kappa shape index (κ2) is 3.93. The molecule has 3 nitrogen and oxygen atoms in total. The summed E-state index contributed by atoms with van der Waals surface area (Å²) < 4.78 is 0. The first-order valence-corrected chi connectivity index (χ1v) is 5.34. The Morgan fingerprint density at radius 1 is 1.33 bits per heavy atom. The zero-order valence-electron chi connectivity index (χ0n) is 8.99. The van der Waals surface area contributed by atoms with E-state index in [1.54, 1.807) is 13.0 Å². The number of benzene rings is 1. The lowest BCUT2D eigenvalue weighted by Crippen LogP contribution is -2.19. The maximum absolute atomic E-state index is 11.2. The zero-order valence-corrected chi connectivity index (χ0v) is 8.99. The molecule has 2 N–H and O–H groups in total. The first kappa shape index (κ1) is 10.0. The molecule has 1 aromatic carbocycles. The molecular formula is C12H16N2O. The highest BCUT2D eigenvalue weighted by Gasteiger charge is 2.15. The smallest absolute Gasteiger partial charge is 0.159 e. The Hall–Kier alpha value is -1.51. The predicted molar refractivity (Wildman–Crippen MR) is 62.3 cm³/mol. The maximum atomic E-state index is 11.2. The fraction of sp³-hybridized carbons (Fsp3) is 0.417. The van der Waals surface area contributed by atoms with Crippen molar-refractivity contribution in [3.63, 3.8) is 0 Å². The fourth-order valence-electron chi connectivity index (χ4n) is 2.02. The Balaban J connectivity index is 2.29. The van der Waals surface area contributed by atoms with Gasteiger partial charge in [-0.2, -0.15) is 0 Å². The summed E-state index contributed by atoms with van der Waals surface area (Å²) in [5, 5.41) is 0. The number of rotatable bonds is 2. The Morgan fingerprint density at radius 2 is 2.00 bits per heavy atom. The van der Waals surface area contributed by atoms with E-state index in [9.17, 15) is 4.79 Å². The molecule has 0 saturated carbocycles. The monoisotopic (exact) mass is 204 g/mol. The molecular weight excluding hydrogens is 188 g/mol. The van der Waals surface area contributed by atoms with Crippen LogP contribution in [0.3, 0.4) is 0 Å². The molecule has 0 spiro atoms. The zero-order chi connectivity index (χ0) is 10.8. The number of anilines is 2. The van der Waals surface area contributed by atoms with Gasteiger partial charge in [0.1, 0.15) is 0 Å². The van der Waals surface area contributed by atoms with E-state index in [1.807, 2.05) is 12.1 Å². The van der Waals surface area contributed by atoms with Gasteiger partial charge in [0.2, 0.25) is 0 Å². The van der Waals surface area contributed by atoms with Crippen LogP contribution in [0.1, 0.15) is 30.1 Å². The average molecular weight is 204 g/mol. The van der Waals surface area contributed by atoms with Gasteiger partial charge >= 0.3 is 0 Å². The minimum absolute atomic E-state index is 0.0645. The van der Waals surface area contributed by atoms with Gasteiger partial charge in [-0.15, -0.1) is 0 Å². The molecule has 2 rings (SSSR count). The van der Waals surface area contributed by atoms with Gasteiger partial charge in [0.15, 0.2) is 5.78 Å². The molecule has 0 aliphatic carbocycles. The van der Waals surface area contributed by atoms with Gasteiger partial charge in [-0.05, 0) is 38.0 Å². The van der Waals surface area contributed by atoms with Crippen molar-refractivity contribution in [3.8, 4) is 0 Å². The minimum atomic E-state index is 0.0645. The van der Waals surface area contributed by atoms with E-state index >= 15 is 0 Å². The third-order valence-electron chi connectivity index (χ3n) is 2.88. The molecule has 0 radical (unpaired) electrons. The summed E-state index contributed by atoms with van der Waals surface area (Å²) in [6.45, 7) is 3.71. The van der Waals surface area contributed by atoms with Crippen LogP contribution in [-0.4, -0.2) is 18.9 Å². The van der Waals surface area contributed by atoms with Crippen LogP contribution in [0.2, 0.25) is 0 Å². The Kier molecular flexibility index (Phi) is 2.62. The molecule has 0 bridgehead atoms. The van der Waals surface area contributed by atoms with Crippen LogP contribution < -0.4 is 10.6 Å². The lowest BCUT2D eigenvalue weighted by atomic mass is 10.1. The molecule has 0 atom stereocenters. The molecule has 1 fully saturated rings. The number of hydrogen-bond donors (Lipinski definition) is 1. The van der Waals surface area contributed by atoms with Gasteiger partial charge in [0, 0.05) is 18.7 Å². The third-order valence-corrected chi connectivity index (χ3v) is 2.88. The summed E-state index contributed by atoms with van der Waals surface area (Å²) in [6.07, 6.45) is 2.46. The average Bonchev–Trinajstić information content (AvgIpc) is 2.70. The van der Waals surface area contributed by atoms with Gasteiger partial charge in [-0.1, -0.05) is 0 Å². The number of carbonyl (C=O) groups excluding carboxylic acids is 1. The molecule has 1 aromatic rings. The number of nitrogens with zero attached hydrogens (tertiary/aromatic N) is 1. The van der Waals surface area contributed by atoms with Crippen LogP contribution in [0.5, 0.6) is 0 Å². The number of nitrogen functional groups attached to an aromatic ring is 1. The van der Waals surface area contributed by atoms with Crippen molar-refractivity contribution in [1.29, 1.82) is 0 Å². The first-order valence-electron chi connectivity index (χ1n) is 5.34. The van der Waals surface area contributed by atoms with Crippen molar-refractivity contribution < 1.29 is 4.79 Å². The number of Topliss-reactive ketones (excluding diaryl/α,β-unsaturated/α-hetero) is 1. The van der Waals surface area contributed by atoms with Crippen molar-refractivity contribution >= 4 is 17.2 Å². The van der Waals surface area contributed by atoms with Gasteiger partial charge in [0.25, 0.3) is 0 Å². The molecule has 1 aliphatic rings. The molecule has 1 saturated heterocycles. The van der Waals surface area contributed by atoms with Crippen LogP contribution in [0, 0.1) is 0 Å². The predicted octanol–water partition coefficient (Wildman–Crippen LogP) is 2.07. The highest BCUT2D eigenvalue weighted by Crippen LogP contribution is 2.27. The van der Waals surface area contributed by atoms with Crippen LogP contribution in [-0.2, 0) is 0 Å². The first-order chi connectivity index (χ1) is 7.18. The highest BCUT2D eigenvalue weighted by molar-refractivity contribution is 5.96. The highest BCUT2D eigenvalue weighted by atomic mass is 16.1. The van der Waals surface area contributed by atoms with Crippen molar-refractivity contribution in [1.82, 2.24) is 0 Å². The van der Waals surface area contributed by atoms with Crippen LogP contribution >= 0.6 is 0 Å². The molecule has 80 valence electrons. The number of hydrogen-bond acceptors (Lipinski definition) is 3. The molecule has 0 amide bonds. The van der Waals surface area contributed by atoms with E-state index in [0.717, 1.165) is 18.8 Å². The summed E-state index contributed by atoms with van der Waals surface area (Å²) >= 11 is 0. The minimum Gasteiger partial charge on any atom is -0.397 e. The molecule has 1 heterocycles. The van der Waals surface area contributed by atoms with E-state index < -0.39 is 0 Å². The summed E-state index contributed by atoms with van der Waals surface area (Å²) in [5.41, 5.74) is 8.42. The second-order valence-electron chi connectivity index (χ2n) is 4.02. The van der Waals surface area contributed by atoms with Gasteiger partial charge < -0.3 is 10.6 Å². The normalized spacial score (nSPS) is 15.7. The lowest BCUT2D eigenvalue weighted by molar-refractivity contribution is 0.101.